The molecule has 0 aliphatic heterocycles. The predicted octanol–water partition coefficient (Wildman–Crippen LogP) is 37.6. The van der Waals surface area contributed by atoms with Crippen LogP contribution in [0.15, 0.2) is 0 Å². The van der Waals surface area contributed by atoms with E-state index in [4.69, 9.17) is 0 Å². The molecule has 0 aromatic heterocycles. The summed E-state index contributed by atoms with van der Waals surface area (Å²) in [5.41, 5.74) is 7.83. The van der Waals surface area contributed by atoms with E-state index in [-0.39, 0.29) is 0 Å². The lowest BCUT2D eigenvalue weighted by atomic mass is 9.60. The van der Waals surface area contributed by atoms with Gasteiger partial charge < -0.3 is 0 Å². The molecule has 0 saturated heterocycles. The summed E-state index contributed by atoms with van der Waals surface area (Å²) in [5.74, 6) is 13.2. The highest BCUT2D eigenvalue weighted by molar-refractivity contribution is 4.91. The highest BCUT2D eigenvalue weighted by Crippen LogP contribution is 2.52. The zero-order chi connectivity index (χ0) is 82.6. The Morgan fingerprint density at radius 1 is 0.286 bits per heavy atom. The molecule has 9 fully saturated rings. The van der Waals surface area contributed by atoms with Gasteiger partial charge in [0.05, 0.1) is 0 Å². The molecule has 105 heavy (non-hydrogen) atoms. The van der Waals surface area contributed by atoms with E-state index in [1.807, 2.05) is 0 Å². The minimum atomic E-state index is 0.500. The molecular formula is C105H214. The first-order valence-electron chi connectivity index (χ1n) is 47.1. The van der Waals surface area contributed by atoms with Gasteiger partial charge in [-0.05, 0) is 282 Å². The van der Waals surface area contributed by atoms with E-state index in [0.29, 0.717) is 70.4 Å². The summed E-state index contributed by atoms with van der Waals surface area (Å²) >= 11 is 0. The van der Waals surface area contributed by atoms with Crippen LogP contribution in [-0.2, 0) is 0 Å². The molecule has 0 nitrogen and oxygen atoms in total. The van der Waals surface area contributed by atoms with Gasteiger partial charge in [-0.2, -0.15) is 0 Å². The van der Waals surface area contributed by atoms with Crippen molar-refractivity contribution in [3.8, 4) is 0 Å². The third-order valence-electron chi connectivity index (χ3n) is 31.5. The SMILES string of the molecule is CC(C)(C)C.CC1(C)CCC(C)(C)CC1.CC1(C)CCCC(C)(C)C1.CC1(C)CCCCC1(C)C.CC1CC(C)CC(C)(C)C1.CC1CCC(C)(C)C(C)C1.CC1CCC(C)(C)CC1C.CC1CCC(C)C(C)(C)C1.CC1CCCC(C)(C)C1C.CC1CCCC(C)C1(C)C.CCCC(C)C(C)CCC. The van der Waals surface area contributed by atoms with Crippen LogP contribution in [0.4, 0.5) is 0 Å². The molecule has 0 N–H and O–H groups in total. The zero-order valence-corrected chi connectivity index (χ0v) is 82.6. The molecule has 9 aliphatic rings. The van der Waals surface area contributed by atoms with Crippen LogP contribution in [0, 0.1) is 153 Å². The van der Waals surface area contributed by atoms with Crippen LogP contribution < -0.4 is 0 Å². The lowest BCUT2D eigenvalue weighted by molar-refractivity contribution is 0.0520. The molecule has 0 aromatic carbocycles. The monoisotopic (exact) mass is 1480 g/mol. The van der Waals surface area contributed by atoms with E-state index in [0.717, 1.165) is 82.9 Å². The Morgan fingerprint density at radius 3 is 0.990 bits per heavy atom. The number of rotatable bonds is 5. The Labute approximate surface area is 672 Å². The van der Waals surface area contributed by atoms with Gasteiger partial charge >= 0.3 is 0 Å². The summed E-state index contributed by atoms with van der Waals surface area (Å²) in [6.07, 6.45) is 48.4. The summed E-state index contributed by atoms with van der Waals surface area (Å²) in [7, 11) is 0. The zero-order valence-electron chi connectivity index (χ0n) is 82.6. The van der Waals surface area contributed by atoms with Gasteiger partial charge in [0.25, 0.3) is 0 Å². The van der Waals surface area contributed by atoms with E-state index in [1.54, 1.807) is 0 Å². The van der Waals surface area contributed by atoms with Gasteiger partial charge in [0.1, 0.15) is 0 Å². The van der Waals surface area contributed by atoms with Gasteiger partial charge in [-0.15, -0.1) is 0 Å². The lowest BCUT2D eigenvalue weighted by Gasteiger charge is -2.45. The molecule has 14 atom stereocenters. The second-order valence-corrected chi connectivity index (χ2v) is 50.8. The Hall–Kier alpha value is 0. The second kappa shape index (κ2) is 46.5. The Kier molecular flexibility index (Phi) is 47.4. The van der Waals surface area contributed by atoms with Gasteiger partial charge in [0.2, 0.25) is 0 Å². The fraction of sp³-hybridized carbons (Fsp3) is 1.00. The molecule has 0 heteroatoms. The summed E-state index contributed by atoms with van der Waals surface area (Å²) in [6, 6.07) is 0. The van der Waals surface area contributed by atoms with Crippen LogP contribution >= 0.6 is 0 Å². The molecular weight excluding hydrogens is 1260 g/mol. The van der Waals surface area contributed by atoms with E-state index in [9.17, 15) is 0 Å². The maximum absolute atomic E-state index is 2.42. The molecule has 9 saturated carbocycles. The van der Waals surface area contributed by atoms with Crippen molar-refractivity contribution in [2.75, 3.05) is 0 Å². The first-order chi connectivity index (χ1) is 47.1. The average Bonchev–Trinajstić information content (AvgIpc) is 0.806. The molecule has 0 radical (unpaired) electrons. The van der Waals surface area contributed by atoms with Crippen LogP contribution in [0.3, 0.4) is 0 Å². The topological polar surface area (TPSA) is 0 Å². The number of hydrogen-bond acceptors (Lipinski definition) is 0. The van der Waals surface area contributed by atoms with E-state index in [1.165, 1.54) is 218 Å². The van der Waals surface area contributed by atoms with Crippen LogP contribution in [0.5, 0.6) is 0 Å². The Bertz CT molecular complexity index is 2080. The fourth-order valence-electron chi connectivity index (χ4n) is 20.4. The quantitative estimate of drug-likeness (QED) is 0.257. The molecule has 0 bridgehead atoms. The predicted molar refractivity (Wildman–Crippen MR) is 487 cm³/mol. The maximum atomic E-state index is 2.42. The van der Waals surface area contributed by atoms with Crippen molar-refractivity contribution in [1.82, 2.24) is 0 Å². The molecule has 14 unspecified atom stereocenters. The van der Waals surface area contributed by atoms with Crippen molar-refractivity contribution in [2.24, 2.45) is 153 Å². The Morgan fingerprint density at radius 2 is 0.705 bits per heavy atom. The highest BCUT2D eigenvalue weighted by Gasteiger charge is 2.40. The average molecular weight is 1480 g/mol. The van der Waals surface area contributed by atoms with Crippen LogP contribution in [0.25, 0.3) is 0 Å². The summed E-state index contributed by atoms with van der Waals surface area (Å²) in [6.45, 7) is 104. The van der Waals surface area contributed by atoms with Crippen molar-refractivity contribution in [1.29, 1.82) is 0 Å². The van der Waals surface area contributed by atoms with E-state index in [2.05, 4.69) is 305 Å². The summed E-state index contributed by atoms with van der Waals surface area (Å²) in [5, 5.41) is 0. The molecule has 9 rings (SSSR count). The molecule has 634 valence electrons. The smallest absolute Gasteiger partial charge is 0.0303 e. The Balaban J connectivity index is 0. The third-order valence-corrected chi connectivity index (χ3v) is 31.5. The van der Waals surface area contributed by atoms with E-state index < -0.39 is 0 Å². The fourth-order valence-corrected chi connectivity index (χ4v) is 20.4. The van der Waals surface area contributed by atoms with Gasteiger partial charge in [-0.25, -0.2) is 0 Å². The number of hydrogen-bond donors (Lipinski definition) is 0. The van der Waals surface area contributed by atoms with E-state index >= 15 is 0 Å². The molecule has 0 amide bonds. The molecule has 9 aliphatic carbocycles. The standard InChI is InChI=1S/9C10H20.C10H22.C5H12/c1-8-5-9(2)7-10(3,4)6-8;1-9(2)5-7-10(3,4)8-6-9;1-8-5-6-10(3,4)7-9(8)2;1-8-5-6-10(3,4)9(2)7-8;1-8-5-6-9(2)10(3,4)7-8;1-9(2)6-5-7-10(3,4)8-9;1-9(2)7-5-6-8-10(9,3)4;1-8-6-5-7-10(3,4)9(8)2;1-8-6-5-7-9(2)10(8,3)4;1-5-7-9(3)10(4)8-6-2;1-5(2,3)4/h8-9H,5-7H2,1-4H3;5-8H2,1-4H3;3*8-9H,5-7H2,1-4H3;2*5-8H2,1-4H3;2*8-9H,5-7H2,1-4H3;9-10H,5-8H2,1-4H3;1-4H3. The third kappa shape index (κ3) is 46.8. The lowest BCUT2D eigenvalue weighted by Crippen LogP contribution is -2.35. The molecule has 0 spiro atoms. The first kappa shape index (κ1) is 107. The van der Waals surface area contributed by atoms with Gasteiger partial charge in [0, 0.05) is 0 Å². The van der Waals surface area contributed by atoms with Crippen LogP contribution in [0.1, 0.15) is 523 Å². The normalized spacial score (nSPS) is 33.4. The molecule has 0 aromatic rings. The first-order valence-corrected chi connectivity index (χ1v) is 47.1. The van der Waals surface area contributed by atoms with Gasteiger partial charge in [-0.3, -0.25) is 0 Å². The maximum Gasteiger partial charge on any atom is -0.0303 e. The molecule has 0 heterocycles. The van der Waals surface area contributed by atoms with Crippen molar-refractivity contribution < 1.29 is 0 Å². The van der Waals surface area contributed by atoms with Crippen molar-refractivity contribution in [2.45, 2.75) is 523 Å². The van der Waals surface area contributed by atoms with Crippen LogP contribution in [0.2, 0.25) is 0 Å². The highest BCUT2D eigenvalue weighted by atomic mass is 14.5. The van der Waals surface area contributed by atoms with Crippen molar-refractivity contribution in [3.63, 3.8) is 0 Å². The van der Waals surface area contributed by atoms with Crippen LogP contribution in [-0.4, -0.2) is 0 Å². The largest absolute Gasteiger partial charge is 0.0654 e. The van der Waals surface area contributed by atoms with Crippen molar-refractivity contribution in [3.05, 3.63) is 0 Å². The summed E-state index contributed by atoms with van der Waals surface area (Å²) < 4.78 is 0. The second-order valence-electron chi connectivity index (χ2n) is 50.8. The summed E-state index contributed by atoms with van der Waals surface area (Å²) in [4.78, 5) is 0. The minimum absolute atomic E-state index is 0.500. The van der Waals surface area contributed by atoms with Crippen molar-refractivity contribution >= 4 is 0 Å². The minimum Gasteiger partial charge on any atom is -0.0654 e. The van der Waals surface area contributed by atoms with Gasteiger partial charge in [0.15, 0.2) is 0 Å². The van der Waals surface area contributed by atoms with Gasteiger partial charge in [-0.1, -0.05) is 395 Å².